The second-order valence-corrected chi connectivity index (χ2v) is 10.0. The number of furan rings is 1. The maximum absolute atomic E-state index is 13.2. The first-order chi connectivity index (χ1) is 17.7. The van der Waals surface area contributed by atoms with E-state index in [0.29, 0.717) is 60.1 Å². The molecule has 2 aromatic heterocycles. The lowest BCUT2D eigenvalue weighted by atomic mass is 9.96. The van der Waals surface area contributed by atoms with Crippen LogP contribution in [0.15, 0.2) is 47.3 Å². The molecule has 0 spiro atoms. The summed E-state index contributed by atoms with van der Waals surface area (Å²) in [7, 11) is 0. The summed E-state index contributed by atoms with van der Waals surface area (Å²) in [5.74, 6) is -2.06. The highest BCUT2D eigenvalue weighted by atomic mass is 19.3. The lowest BCUT2D eigenvalue weighted by Gasteiger charge is -2.23. The van der Waals surface area contributed by atoms with Gasteiger partial charge in [0.25, 0.3) is 17.7 Å². The summed E-state index contributed by atoms with van der Waals surface area (Å²) in [4.78, 5) is 25.9. The zero-order valence-electron chi connectivity index (χ0n) is 20.6. The van der Waals surface area contributed by atoms with Crippen molar-refractivity contribution in [2.75, 3.05) is 11.9 Å². The Balaban J connectivity index is 1.27. The average molecular weight is 513 g/mol. The van der Waals surface area contributed by atoms with Crippen LogP contribution in [0, 0.1) is 5.92 Å². The molecule has 5 rings (SSSR count). The SMILES string of the molecule is CC(F)(F)COc1cccc(CCC2Cc3nn(CCC4CC4)c(NC(=O)c4ccoc4)c3C(=O)N2)c1. The molecule has 37 heavy (non-hydrogen) atoms. The Morgan fingerprint density at radius 2 is 2.14 bits per heavy atom. The van der Waals surface area contributed by atoms with Gasteiger partial charge < -0.3 is 19.8 Å². The monoisotopic (exact) mass is 512 g/mol. The van der Waals surface area contributed by atoms with Gasteiger partial charge in [0.2, 0.25) is 0 Å². The molecule has 8 nitrogen and oxygen atoms in total. The minimum Gasteiger partial charge on any atom is -0.487 e. The van der Waals surface area contributed by atoms with Crippen molar-refractivity contribution in [1.29, 1.82) is 0 Å². The fraction of sp³-hybridized carbons (Fsp3) is 0.444. The van der Waals surface area contributed by atoms with E-state index in [4.69, 9.17) is 14.3 Å². The molecule has 3 aromatic rings. The summed E-state index contributed by atoms with van der Waals surface area (Å²) in [6.45, 7) is 0.763. The molecule has 2 N–H and O–H groups in total. The van der Waals surface area contributed by atoms with Crippen molar-refractivity contribution in [1.82, 2.24) is 15.1 Å². The minimum atomic E-state index is -2.90. The van der Waals surface area contributed by atoms with Gasteiger partial charge in [-0.25, -0.2) is 13.5 Å². The van der Waals surface area contributed by atoms with Crippen LogP contribution in [-0.2, 0) is 19.4 Å². The molecule has 1 fully saturated rings. The van der Waals surface area contributed by atoms with Crippen molar-refractivity contribution in [3.63, 3.8) is 0 Å². The molecule has 0 saturated heterocycles. The summed E-state index contributed by atoms with van der Waals surface area (Å²) < 4.78 is 38.2. The highest BCUT2D eigenvalue weighted by Crippen LogP contribution is 2.34. The Hall–Kier alpha value is -3.69. The van der Waals surface area contributed by atoms with Gasteiger partial charge in [-0.05, 0) is 48.9 Å². The van der Waals surface area contributed by atoms with E-state index in [1.54, 1.807) is 28.9 Å². The molecule has 1 atom stereocenters. The van der Waals surface area contributed by atoms with Gasteiger partial charge in [-0.1, -0.05) is 25.0 Å². The summed E-state index contributed by atoms with van der Waals surface area (Å²) in [5, 5.41) is 10.6. The smallest absolute Gasteiger partial charge is 0.278 e. The fourth-order valence-corrected chi connectivity index (χ4v) is 4.52. The van der Waals surface area contributed by atoms with Gasteiger partial charge in [0.15, 0.2) is 6.61 Å². The normalized spacial score (nSPS) is 17.3. The van der Waals surface area contributed by atoms with Crippen LogP contribution in [0.4, 0.5) is 14.6 Å². The summed E-state index contributed by atoms with van der Waals surface area (Å²) in [6, 6.07) is 8.50. The van der Waals surface area contributed by atoms with Crippen molar-refractivity contribution in [2.24, 2.45) is 5.92 Å². The predicted octanol–water partition coefficient (Wildman–Crippen LogP) is 4.85. The third-order valence-electron chi connectivity index (χ3n) is 6.66. The Kier molecular flexibility index (Phi) is 6.99. The van der Waals surface area contributed by atoms with Crippen LogP contribution in [0.5, 0.6) is 5.75 Å². The molecule has 1 aliphatic carbocycles. The van der Waals surface area contributed by atoms with E-state index in [1.165, 1.54) is 25.4 Å². The van der Waals surface area contributed by atoms with Gasteiger partial charge in [-0.3, -0.25) is 9.59 Å². The van der Waals surface area contributed by atoms with Crippen LogP contribution in [0.1, 0.15) is 64.6 Å². The topological polar surface area (TPSA) is 98.4 Å². The number of fused-ring (bicyclic) bond motifs is 1. The molecule has 1 saturated carbocycles. The number of aryl methyl sites for hydroxylation is 2. The molecule has 0 radical (unpaired) electrons. The first-order valence-corrected chi connectivity index (χ1v) is 12.6. The number of halogens is 2. The molecule has 196 valence electrons. The molecule has 10 heteroatoms. The molecule has 3 heterocycles. The van der Waals surface area contributed by atoms with Crippen molar-refractivity contribution < 1.29 is 27.5 Å². The third kappa shape index (κ3) is 6.36. The van der Waals surface area contributed by atoms with Crippen molar-refractivity contribution >= 4 is 17.6 Å². The van der Waals surface area contributed by atoms with Gasteiger partial charge >= 0.3 is 0 Å². The average Bonchev–Trinajstić information content (AvgIpc) is 3.38. The highest BCUT2D eigenvalue weighted by molar-refractivity contribution is 6.09. The number of aromatic nitrogens is 2. The third-order valence-corrected chi connectivity index (χ3v) is 6.66. The predicted molar refractivity (Wildman–Crippen MR) is 132 cm³/mol. The van der Waals surface area contributed by atoms with Crippen molar-refractivity contribution in [2.45, 2.75) is 64.0 Å². The molecule has 2 aliphatic rings. The van der Waals surface area contributed by atoms with Crippen LogP contribution in [0.2, 0.25) is 0 Å². The number of carbonyl (C=O) groups excluding carboxylic acids is 2. The quantitative estimate of drug-likeness (QED) is 0.383. The Morgan fingerprint density at radius 3 is 2.86 bits per heavy atom. The summed E-state index contributed by atoms with van der Waals surface area (Å²) in [6.07, 6.45) is 7.94. The number of nitrogens with one attached hydrogen (secondary N) is 2. The first-order valence-electron chi connectivity index (χ1n) is 12.6. The number of nitrogens with zero attached hydrogens (tertiary/aromatic N) is 2. The second-order valence-electron chi connectivity index (χ2n) is 10.0. The lowest BCUT2D eigenvalue weighted by Crippen LogP contribution is -2.41. The Labute approximate surface area is 213 Å². The number of rotatable bonds is 11. The number of benzene rings is 1. The number of hydrogen-bond acceptors (Lipinski definition) is 5. The maximum Gasteiger partial charge on any atom is 0.278 e. The largest absolute Gasteiger partial charge is 0.487 e. The second kappa shape index (κ2) is 10.4. The van der Waals surface area contributed by atoms with Gasteiger partial charge in [0, 0.05) is 25.9 Å². The molecule has 2 amide bonds. The van der Waals surface area contributed by atoms with Crippen LogP contribution in [0.3, 0.4) is 0 Å². The van der Waals surface area contributed by atoms with E-state index in [-0.39, 0.29) is 17.9 Å². The molecule has 0 bridgehead atoms. The number of alkyl halides is 2. The lowest BCUT2D eigenvalue weighted by molar-refractivity contribution is -0.0229. The highest BCUT2D eigenvalue weighted by Gasteiger charge is 2.33. The minimum absolute atomic E-state index is 0.145. The van der Waals surface area contributed by atoms with Gasteiger partial charge in [-0.2, -0.15) is 5.10 Å². The van der Waals surface area contributed by atoms with Gasteiger partial charge in [-0.15, -0.1) is 0 Å². The summed E-state index contributed by atoms with van der Waals surface area (Å²) in [5.41, 5.74) is 2.36. The first kappa shape index (κ1) is 25.0. The van der Waals surface area contributed by atoms with Crippen LogP contribution >= 0.6 is 0 Å². The Morgan fingerprint density at radius 1 is 1.30 bits per heavy atom. The number of carbonyl (C=O) groups is 2. The number of hydrogen-bond donors (Lipinski definition) is 2. The van der Waals surface area contributed by atoms with Gasteiger partial charge in [0.1, 0.15) is 23.4 Å². The van der Waals surface area contributed by atoms with E-state index < -0.39 is 12.5 Å². The Bertz CT molecular complexity index is 1260. The van der Waals surface area contributed by atoms with E-state index in [1.807, 2.05) is 6.07 Å². The van der Waals surface area contributed by atoms with Crippen LogP contribution in [-0.4, -0.2) is 40.2 Å². The summed E-state index contributed by atoms with van der Waals surface area (Å²) >= 11 is 0. The molecular formula is C27H30F2N4O4. The molecule has 1 unspecified atom stereocenters. The molecule has 1 aromatic carbocycles. The van der Waals surface area contributed by atoms with E-state index in [0.717, 1.165) is 18.9 Å². The molecule has 1 aliphatic heterocycles. The van der Waals surface area contributed by atoms with E-state index in [2.05, 4.69) is 10.6 Å². The zero-order valence-corrected chi connectivity index (χ0v) is 20.6. The number of amides is 2. The van der Waals surface area contributed by atoms with Gasteiger partial charge in [0.05, 0.1) is 17.5 Å². The standard InChI is InChI=1S/C27H30F2N4O4/c1-27(28,29)16-37-21-4-2-3-18(13-21)7-8-20-14-22-23(26(35)30-20)24(31-25(34)19-10-12-36-15-19)33(32-22)11-9-17-5-6-17/h2-4,10,12-13,15,17,20H,5-9,11,14,16H2,1H3,(H,30,35)(H,31,34). The molecular weight excluding hydrogens is 482 g/mol. The zero-order chi connectivity index (χ0) is 26.0. The fourth-order valence-electron chi connectivity index (χ4n) is 4.52. The van der Waals surface area contributed by atoms with E-state index >= 15 is 0 Å². The van der Waals surface area contributed by atoms with Crippen LogP contribution in [0.25, 0.3) is 0 Å². The van der Waals surface area contributed by atoms with Crippen LogP contribution < -0.4 is 15.4 Å². The van der Waals surface area contributed by atoms with E-state index in [9.17, 15) is 18.4 Å². The number of anilines is 1. The van der Waals surface area contributed by atoms with Crippen molar-refractivity contribution in [3.8, 4) is 5.75 Å². The number of ether oxygens (including phenoxy) is 1. The maximum atomic E-state index is 13.2. The van der Waals surface area contributed by atoms with Crippen molar-refractivity contribution in [3.05, 3.63) is 65.2 Å².